The van der Waals surface area contributed by atoms with Gasteiger partial charge in [-0.25, -0.2) is 4.98 Å². The summed E-state index contributed by atoms with van der Waals surface area (Å²) in [6, 6.07) is 5.22. The Kier molecular flexibility index (Phi) is 4.80. The van der Waals surface area contributed by atoms with Gasteiger partial charge in [0.15, 0.2) is 0 Å². The van der Waals surface area contributed by atoms with Crippen molar-refractivity contribution in [2.45, 2.75) is 13.3 Å². The molecule has 0 atom stereocenters. The molecule has 2 rings (SSSR count). The number of hydrogen-bond donors (Lipinski definition) is 2. The van der Waals surface area contributed by atoms with Gasteiger partial charge in [0.1, 0.15) is 0 Å². The number of nitrogens with one attached hydrogen (secondary N) is 1. The minimum atomic E-state index is -0.145. The average molecular weight is 289 g/mol. The van der Waals surface area contributed by atoms with Gasteiger partial charge in [0.05, 0.1) is 10.9 Å². The second-order valence-electron chi connectivity index (χ2n) is 5.46. The zero-order valence-electron chi connectivity index (χ0n) is 12.9. The molecular weight excluding hydrogens is 266 g/mol. The van der Waals surface area contributed by atoms with Crippen LogP contribution in [0.2, 0.25) is 0 Å². The summed E-state index contributed by atoms with van der Waals surface area (Å²) in [4.78, 5) is 23.9. The van der Waals surface area contributed by atoms with Crippen molar-refractivity contribution in [2.75, 3.05) is 44.4 Å². The third-order valence-electron chi connectivity index (χ3n) is 3.33. The van der Waals surface area contributed by atoms with Gasteiger partial charge in [-0.15, -0.1) is 0 Å². The molecule has 114 valence electrons. The fourth-order valence-electron chi connectivity index (χ4n) is 2.21. The number of fused-ring (bicyclic) bond motifs is 1. The van der Waals surface area contributed by atoms with Crippen LogP contribution in [0.4, 0.5) is 11.6 Å². The largest absolute Gasteiger partial charge is 0.399 e. The lowest BCUT2D eigenvalue weighted by Crippen LogP contribution is -2.34. The van der Waals surface area contributed by atoms with Crippen molar-refractivity contribution in [3.8, 4) is 0 Å². The van der Waals surface area contributed by atoms with E-state index < -0.39 is 0 Å². The second-order valence-corrected chi connectivity index (χ2v) is 5.46. The highest BCUT2D eigenvalue weighted by Crippen LogP contribution is 2.15. The first-order chi connectivity index (χ1) is 10.0. The van der Waals surface area contributed by atoms with Crippen LogP contribution in [0.1, 0.15) is 13.3 Å². The van der Waals surface area contributed by atoms with E-state index in [1.54, 1.807) is 18.2 Å². The Morgan fingerprint density at radius 1 is 1.24 bits per heavy atom. The number of H-pyrrole nitrogens is 1. The lowest BCUT2D eigenvalue weighted by molar-refractivity contribution is 0.412. The van der Waals surface area contributed by atoms with Crippen LogP contribution in [0, 0.1) is 0 Å². The number of aromatic nitrogens is 2. The summed E-state index contributed by atoms with van der Waals surface area (Å²) in [7, 11) is 4.06. The summed E-state index contributed by atoms with van der Waals surface area (Å²) in [5, 5.41) is 0.530. The van der Waals surface area contributed by atoms with Crippen LogP contribution in [0.5, 0.6) is 0 Å². The molecule has 21 heavy (non-hydrogen) atoms. The van der Waals surface area contributed by atoms with Gasteiger partial charge < -0.3 is 15.5 Å². The van der Waals surface area contributed by atoms with Crippen LogP contribution in [-0.4, -0.2) is 48.6 Å². The number of nitrogen functional groups attached to an aromatic ring is 1. The zero-order chi connectivity index (χ0) is 15.4. The molecule has 0 bridgehead atoms. The van der Waals surface area contributed by atoms with E-state index >= 15 is 0 Å². The van der Waals surface area contributed by atoms with E-state index in [0.29, 0.717) is 22.5 Å². The molecule has 3 N–H and O–H groups in total. The van der Waals surface area contributed by atoms with E-state index in [4.69, 9.17) is 5.73 Å². The Balaban J connectivity index is 2.38. The summed E-state index contributed by atoms with van der Waals surface area (Å²) in [5.74, 6) is 0.626. The molecule has 1 aromatic carbocycles. The number of anilines is 2. The molecule has 2 aromatic rings. The SMILES string of the molecule is CCCN(CCN(C)C)c1nc2ccc(N)cc2c(=O)[nH]1. The first kappa shape index (κ1) is 15.3. The van der Waals surface area contributed by atoms with E-state index in [0.717, 1.165) is 26.1 Å². The number of benzene rings is 1. The predicted molar refractivity (Wildman–Crippen MR) is 87.8 cm³/mol. The smallest absolute Gasteiger partial charge is 0.260 e. The minimum Gasteiger partial charge on any atom is -0.399 e. The van der Waals surface area contributed by atoms with Crippen LogP contribution in [0.3, 0.4) is 0 Å². The molecule has 0 amide bonds. The number of nitrogens with zero attached hydrogens (tertiary/aromatic N) is 3. The van der Waals surface area contributed by atoms with Crippen LogP contribution >= 0.6 is 0 Å². The Labute approximate surface area is 124 Å². The summed E-state index contributed by atoms with van der Waals surface area (Å²) in [6.07, 6.45) is 0.997. The van der Waals surface area contributed by atoms with Gasteiger partial charge in [0.25, 0.3) is 5.56 Å². The summed E-state index contributed by atoms with van der Waals surface area (Å²) in [6.45, 7) is 4.70. The van der Waals surface area contributed by atoms with Gasteiger partial charge in [0, 0.05) is 25.3 Å². The van der Waals surface area contributed by atoms with Crippen molar-refractivity contribution in [3.05, 3.63) is 28.6 Å². The van der Waals surface area contributed by atoms with Gasteiger partial charge in [-0.3, -0.25) is 9.78 Å². The van der Waals surface area contributed by atoms with Gasteiger partial charge in [0.2, 0.25) is 5.95 Å². The van der Waals surface area contributed by atoms with E-state index in [1.165, 1.54) is 0 Å². The van der Waals surface area contributed by atoms with Crippen LogP contribution in [-0.2, 0) is 0 Å². The Bertz CT molecular complexity index is 665. The molecule has 6 heteroatoms. The zero-order valence-corrected chi connectivity index (χ0v) is 12.9. The number of nitrogens with two attached hydrogens (primary N) is 1. The van der Waals surface area contributed by atoms with Crippen molar-refractivity contribution < 1.29 is 0 Å². The fraction of sp³-hybridized carbons (Fsp3) is 0.467. The highest BCUT2D eigenvalue weighted by Gasteiger charge is 2.11. The van der Waals surface area contributed by atoms with E-state index in [9.17, 15) is 4.79 Å². The fourth-order valence-corrected chi connectivity index (χ4v) is 2.21. The summed E-state index contributed by atoms with van der Waals surface area (Å²) in [5.41, 5.74) is 6.82. The maximum atomic E-state index is 12.2. The van der Waals surface area contributed by atoms with E-state index in [2.05, 4.69) is 26.7 Å². The predicted octanol–water partition coefficient (Wildman–Crippen LogP) is 1.28. The normalized spacial score (nSPS) is 11.2. The van der Waals surface area contributed by atoms with E-state index in [1.807, 2.05) is 14.1 Å². The molecule has 1 heterocycles. The molecule has 1 aromatic heterocycles. The van der Waals surface area contributed by atoms with E-state index in [-0.39, 0.29) is 5.56 Å². The van der Waals surface area contributed by atoms with Gasteiger partial charge in [-0.05, 0) is 38.7 Å². The topological polar surface area (TPSA) is 78.2 Å². The molecule has 0 spiro atoms. The maximum absolute atomic E-state index is 12.2. The third kappa shape index (κ3) is 3.72. The summed E-state index contributed by atoms with van der Waals surface area (Å²) >= 11 is 0. The van der Waals surface area contributed by atoms with Crippen molar-refractivity contribution in [3.63, 3.8) is 0 Å². The molecule has 0 saturated heterocycles. The van der Waals surface area contributed by atoms with Crippen molar-refractivity contribution in [1.29, 1.82) is 0 Å². The van der Waals surface area contributed by atoms with Crippen molar-refractivity contribution in [1.82, 2.24) is 14.9 Å². The second kappa shape index (κ2) is 6.58. The van der Waals surface area contributed by atoms with Gasteiger partial charge >= 0.3 is 0 Å². The number of likely N-dealkylation sites (N-methyl/N-ethyl adjacent to an activating group) is 1. The van der Waals surface area contributed by atoms with Crippen LogP contribution in [0.25, 0.3) is 10.9 Å². The molecule has 0 aliphatic rings. The molecule has 0 aliphatic heterocycles. The lowest BCUT2D eigenvalue weighted by atomic mass is 10.2. The quantitative estimate of drug-likeness (QED) is 0.783. The number of aromatic amines is 1. The molecule has 0 aliphatic carbocycles. The van der Waals surface area contributed by atoms with Gasteiger partial charge in [-0.1, -0.05) is 6.92 Å². The van der Waals surface area contributed by atoms with Crippen LogP contribution in [0.15, 0.2) is 23.0 Å². The molecule has 0 fully saturated rings. The summed E-state index contributed by atoms with van der Waals surface area (Å²) < 4.78 is 0. The molecular formula is C15H23N5O. The average Bonchev–Trinajstić information content (AvgIpc) is 2.44. The van der Waals surface area contributed by atoms with Crippen LogP contribution < -0.4 is 16.2 Å². The maximum Gasteiger partial charge on any atom is 0.260 e. The monoisotopic (exact) mass is 289 g/mol. The molecule has 0 radical (unpaired) electrons. The Morgan fingerprint density at radius 2 is 2.00 bits per heavy atom. The minimum absolute atomic E-state index is 0.145. The first-order valence-electron chi connectivity index (χ1n) is 7.20. The van der Waals surface area contributed by atoms with Gasteiger partial charge in [-0.2, -0.15) is 0 Å². The third-order valence-corrected chi connectivity index (χ3v) is 3.33. The Morgan fingerprint density at radius 3 is 2.67 bits per heavy atom. The molecule has 6 nitrogen and oxygen atoms in total. The lowest BCUT2D eigenvalue weighted by Gasteiger charge is -2.24. The first-order valence-corrected chi connectivity index (χ1v) is 7.20. The standard InChI is InChI=1S/C15H23N5O/c1-4-7-20(9-8-19(2)3)15-17-13-6-5-11(16)10-12(13)14(21)18-15/h5-6,10H,4,7-9,16H2,1-3H3,(H,17,18,21). The number of hydrogen-bond acceptors (Lipinski definition) is 5. The molecule has 0 saturated carbocycles. The highest BCUT2D eigenvalue weighted by atomic mass is 16.1. The van der Waals surface area contributed by atoms with Crippen molar-refractivity contribution in [2.24, 2.45) is 0 Å². The Hall–Kier alpha value is -2.08. The molecule has 0 unspecified atom stereocenters. The van der Waals surface area contributed by atoms with Crippen molar-refractivity contribution >= 4 is 22.5 Å². The number of rotatable bonds is 6. The highest BCUT2D eigenvalue weighted by molar-refractivity contribution is 5.81.